The molecule has 0 aliphatic heterocycles. The Morgan fingerprint density at radius 3 is 3.00 bits per heavy atom. The predicted octanol–water partition coefficient (Wildman–Crippen LogP) is 0.371. The lowest BCUT2D eigenvalue weighted by Crippen LogP contribution is -2.17. The highest BCUT2D eigenvalue weighted by atomic mass is 32.1. The third kappa shape index (κ3) is 1.48. The van der Waals surface area contributed by atoms with Crippen molar-refractivity contribution in [2.45, 2.75) is 0 Å². The molecule has 0 radical (unpaired) electrons. The SMILES string of the molecule is CNC(=S)c1ccncn1. The van der Waals surface area contributed by atoms with Gasteiger partial charge in [-0.15, -0.1) is 0 Å². The summed E-state index contributed by atoms with van der Waals surface area (Å²) in [7, 11) is 1.77. The minimum atomic E-state index is 0.641. The van der Waals surface area contributed by atoms with Gasteiger partial charge in [-0.3, -0.25) is 0 Å². The zero-order valence-corrected chi connectivity index (χ0v) is 6.35. The van der Waals surface area contributed by atoms with Crippen LogP contribution in [0.1, 0.15) is 5.69 Å². The molecule has 0 saturated heterocycles. The van der Waals surface area contributed by atoms with Crippen molar-refractivity contribution >= 4 is 17.2 Å². The van der Waals surface area contributed by atoms with Crippen LogP contribution in [0.5, 0.6) is 0 Å². The molecule has 0 saturated carbocycles. The van der Waals surface area contributed by atoms with Crippen LogP contribution in [-0.4, -0.2) is 22.0 Å². The van der Waals surface area contributed by atoms with E-state index >= 15 is 0 Å². The predicted molar refractivity (Wildman–Crippen MR) is 42.8 cm³/mol. The molecule has 0 aliphatic rings. The average Bonchev–Trinajstić information content (AvgIpc) is 2.05. The first-order valence-corrected chi connectivity index (χ1v) is 3.23. The lowest BCUT2D eigenvalue weighted by atomic mass is 10.4. The number of rotatable bonds is 1. The molecule has 1 heterocycles. The Hall–Kier alpha value is -1.03. The summed E-state index contributed by atoms with van der Waals surface area (Å²) in [5.41, 5.74) is 0.757. The Morgan fingerprint density at radius 2 is 2.50 bits per heavy atom. The molecular weight excluding hydrogens is 146 g/mol. The van der Waals surface area contributed by atoms with E-state index in [0.717, 1.165) is 5.69 Å². The number of thiocarbonyl (C=S) groups is 1. The number of nitrogens with one attached hydrogen (secondary N) is 1. The number of aromatic nitrogens is 2. The molecule has 10 heavy (non-hydrogen) atoms. The summed E-state index contributed by atoms with van der Waals surface area (Å²) in [6.45, 7) is 0. The van der Waals surface area contributed by atoms with Crippen LogP contribution < -0.4 is 5.32 Å². The first-order valence-electron chi connectivity index (χ1n) is 2.82. The fourth-order valence-electron chi connectivity index (χ4n) is 0.553. The Morgan fingerprint density at radius 1 is 1.70 bits per heavy atom. The highest BCUT2D eigenvalue weighted by Crippen LogP contribution is 1.90. The summed E-state index contributed by atoms with van der Waals surface area (Å²) in [6.07, 6.45) is 3.13. The minimum Gasteiger partial charge on any atom is -0.378 e. The molecule has 0 fully saturated rings. The molecule has 1 aromatic heterocycles. The van der Waals surface area contributed by atoms with Crippen molar-refractivity contribution in [2.75, 3.05) is 7.05 Å². The summed E-state index contributed by atoms with van der Waals surface area (Å²) >= 11 is 4.92. The summed E-state index contributed by atoms with van der Waals surface area (Å²) < 4.78 is 0. The second kappa shape index (κ2) is 3.22. The molecule has 0 spiro atoms. The zero-order chi connectivity index (χ0) is 7.40. The van der Waals surface area contributed by atoms with Crippen LogP contribution in [0.25, 0.3) is 0 Å². The van der Waals surface area contributed by atoms with Crippen LogP contribution in [0.3, 0.4) is 0 Å². The van der Waals surface area contributed by atoms with Crippen LogP contribution in [-0.2, 0) is 0 Å². The summed E-state index contributed by atoms with van der Waals surface area (Å²) in [4.78, 5) is 8.34. The van der Waals surface area contributed by atoms with Gasteiger partial charge in [-0.25, -0.2) is 9.97 Å². The van der Waals surface area contributed by atoms with Gasteiger partial charge in [-0.2, -0.15) is 0 Å². The number of nitrogens with zero attached hydrogens (tertiary/aromatic N) is 2. The molecule has 0 unspecified atom stereocenters. The fourth-order valence-corrected chi connectivity index (χ4v) is 0.674. The van der Waals surface area contributed by atoms with Crippen molar-refractivity contribution in [1.29, 1.82) is 0 Å². The van der Waals surface area contributed by atoms with Crippen LogP contribution in [0, 0.1) is 0 Å². The normalized spacial score (nSPS) is 8.90. The molecule has 1 rings (SSSR count). The van der Waals surface area contributed by atoms with E-state index in [0.29, 0.717) is 4.99 Å². The van der Waals surface area contributed by atoms with Crippen LogP contribution >= 0.6 is 12.2 Å². The summed E-state index contributed by atoms with van der Waals surface area (Å²) in [5, 5.41) is 2.82. The van der Waals surface area contributed by atoms with Gasteiger partial charge in [0.05, 0.1) is 0 Å². The van der Waals surface area contributed by atoms with Crippen molar-refractivity contribution < 1.29 is 0 Å². The molecule has 0 aliphatic carbocycles. The van der Waals surface area contributed by atoms with Gasteiger partial charge in [-0.05, 0) is 6.07 Å². The van der Waals surface area contributed by atoms with E-state index in [-0.39, 0.29) is 0 Å². The molecule has 0 atom stereocenters. The highest BCUT2D eigenvalue weighted by molar-refractivity contribution is 7.80. The first-order chi connectivity index (χ1) is 4.84. The monoisotopic (exact) mass is 153 g/mol. The van der Waals surface area contributed by atoms with Crippen molar-refractivity contribution in [1.82, 2.24) is 15.3 Å². The van der Waals surface area contributed by atoms with Crippen molar-refractivity contribution in [3.63, 3.8) is 0 Å². The molecule has 4 heteroatoms. The summed E-state index contributed by atoms with van der Waals surface area (Å²) in [6, 6.07) is 1.76. The maximum absolute atomic E-state index is 4.92. The zero-order valence-electron chi connectivity index (χ0n) is 5.53. The second-order valence-electron chi connectivity index (χ2n) is 1.67. The van der Waals surface area contributed by atoms with E-state index in [2.05, 4.69) is 15.3 Å². The van der Waals surface area contributed by atoms with Crippen molar-refractivity contribution in [2.24, 2.45) is 0 Å². The number of hydrogen-bond acceptors (Lipinski definition) is 3. The topological polar surface area (TPSA) is 37.8 Å². The average molecular weight is 153 g/mol. The molecule has 0 aromatic carbocycles. The molecular formula is C6H7N3S. The van der Waals surface area contributed by atoms with Gasteiger partial charge >= 0.3 is 0 Å². The van der Waals surface area contributed by atoms with Crippen LogP contribution in [0.15, 0.2) is 18.6 Å². The number of hydrogen-bond donors (Lipinski definition) is 1. The van der Waals surface area contributed by atoms with Gasteiger partial charge < -0.3 is 5.32 Å². The Bertz CT molecular complexity index is 222. The van der Waals surface area contributed by atoms with E-state index < -0.39 is 0 Å². The molecule has 1 N–H and O–H groups in total. The quantitative estimate of drug-likeness (QED) is 0.592. The Kier molecular flexibility index (Phi) is 2.28. The van der Waals surface area contributed by atoms with Crippen molar-refractivity contribution in [3.05, 3.63) is 24.3 Å². The lowest BCUT2D eigenvalue weighted by molar-refractivity contribution is 1.12. The molecule has 1 aromatic rings. The maximum Gasteiger partial charge on any atom is 0.125 e. The third-order valence-electron chi connectivity index (χ3n) is 1.04. The van der Waals surface area contributed by atoms with E-state index in [1.54, 1.807) is 19.3 Å². The Balaban J connectivity index is 2.85. The van der Waals surface area contributed by atoms with E-state index in [1.807, 2.05) is 0 Å². The van der Waals surface area contributed by atoms with Crippen molar-refractivity contribution in [3.8, 4) is 0 Å². The smallest absolute Gasteiger partial charge is 0.125 e. The van der Waals surface area contributed by atoms with E-state index in [4.69, 9.17) is 12.2 Å². The molecule has 0 bridgehead atoms. The van der Waals surface area contributed by atoms with Gasteiger partial charge in [0, 0.05) is 13.2 Å². The summed E-state index contributed by atoms with van der Waals surface area (Å²) in [5.74, 6) is 0. The standard InChI is InChI=1S/C6H7N3S/c1-7-6(10)5-2-3-8-4-9-5/h2-4H,1H3,(H,7,10). The van der Waals surface area contributed by atoms with Gasteiger partial charge in [0.25, 0.3) is 0 Å². The van der Waals surface area contributed by atoms with Crippen LogP contribution in [0.2, 0.25) is 0 Å². The maximum atomic E-state index is 4.92. The van der Waals surface area contributed by atoms with E-state index in [9.17, 15) is 0 Å². The van der Waals surface area contributed by atoms with Crippen LogP contribution in [0.4, 0.5) is 0 Å². The first kappa shape index (κ1) is 7.08. The molecule has 52 valence electrons. The minimum absolute atomic E-state index is 0.641. The van der Waals surface area contributed by atoms with Gasteiger partial charge in [0.2, 0.25) is 0 Å². The second-order valence-corrected chi connectivity index (χ2v) is 2.08. The molecule has 3 nitrogen and oxygen atoms in total. The Labute approximate surface area is 64.5 Å². The highest BCUT2D eigenvalue weighted by Gasteiger charge is 1.95. The lowest BCUT2D eigenvalue weighted by Gasteiger charge is -1.98. The van der Waals surface area contributed by atoms with Gasteiger partial charge in [0.1, 0.15) is 17.0 Å². The van der Waals surface area contributed by atoms with Gasteiger partial charge in [-0.1, -0.05) is 12.2 Å². The van der Waals surface area contributed by atoms with Gasteiger partial charge in [0.15, 0.2) is 0 Å². The fraction of sp³-hybridized carbons (Fsp3) is 0.167. The molecule has 0 amide bonds. The van der Waals surface area contributed by atoms with E-state index in [1.165, 1.54) is 6.33 Å². The third-order valence-corrected chi connectivity index (χ3v) is 1.45. The largest absolute Gasteiger partial charge is 0.378 e.